The Morgan fingerprint density at radius 1 is 1.65 bits per heavy atom. The van der Waals surface area contributed by atoms with E-state index < -0.39 is 5.97 Å². The monoisotopic (exact) mass is 241 g/mol. The molecule has 17 heavy (non-hydrogen) atoms. The number of ether oxygens (including phenoxy) is 1. The number of carbonyl (C=O) groups is 1. The summed E-state index contributed by atoms with van der Waals surface area (Å²) in [7, 11) is 1.67. The van der Waals surface area contributed by atoms with Crippen molar-refractivity contribution in [2.75, 3.05) is 20.3 Å². The van der Waals surface area contributed by atoms with Crippen molar-refractivity contribution in [3.8, 4) is 0 Å². The van der Waals surface area contributed by atoms with E-state index in [1.807, 2.05) is 0 Å². The Bertz CT molecular complexity index is 373. The van der Waals surface area contributed by atoms with Crippen LogP contribution in [-0.4, -0.2) is 31.3 Å². The van der Waals surface area contributed by atoms with Gasteiger partial charge in [0.05, 0.1) is 6.54 Å². The molecule has 0 fully saturated rings. The maximum Gasteiger partial charge on any atom is 0.339 e. The number of carboxylic acids is 1. The smallest absolute Gasteiger partial charge is 0.339 e. The lowest BCUT2D eigenvalue weighted by Gasteiger charge is -2.10. The highest BCUT2D eigenvalue weighted by molar-refractivity contribution is 5.88. The Morgan fingerprint density at radius 2 is 2.35 bits per heavy atom. The van der Waals surface area contributed by atoms with Gasteiger partial charge in [-0.15, -0.1) is 0 Å². The molecule has 0 radical (unpaired) electrons. The first-order valence-corrected chi connectivity index (χ1v) is 5.56. The largest absolute Gasteiger partial charge is 0.478 e. The topological polar surface area (TPSA) is 71.7 Å². The summed E-state index contributed by atoms with van der Waals surface area (Å²) >= 11 is 0. The highest BCUT2D eigenvalue weighted by Crippen LogP contribution is 2.14. The Balaban J connectivity index is 2.42. The van der Waals surface area contributed by atoms with Gasteiger partial charge in [-0.1, -0.05) is 6.92 Å². The number of methoxy groups -OCH3 is 1. The molecular formula is C12H19NO4. The van der Waals surface area contributed by atoms with Crippen LogP contribution in [0.1, 0.15) is 28.8 Å². The molecule has 2 N–H and O–H groups in total. The molecule has 5 nitrogen and oxygen atoms in total. The van der Waals surface area contributed by atoms with Gasteiger partial charge in [-0.2, -0.15) is 0 Å². The number of nitrogens with one attached hydrogen (secondary N) is 1. The summed E-state index contributed by atoms with van der Waals surface area (Å²) in [6, 6.07) is 1.56. The van der Waals surface area contributed by atoms with Gasteiger partial charge in [0.15, 0.2) is 0 Å². The van der Waals surface area contributed by atoms with Crippen molar-refractivity contribution in [3.63, 3.8) is 0 Å². The average Bonchev–Trinajstić information content (AvgIpc) is 2.60. The number of aryl methyl sites for hydroxylation is 1. The van der Waals surface area contributed by atoms with Crippen LogP contribution in [0.15, 0.2) is 10.5 Å². The van der Waals surface area contributed by atoms with Crippen molar-refractivity contribution in [1.29, 1.82) is 0 Å². The summed E-state index contributed by atoms with van der Waals surface area (Å²) in [4.78, 5) is 10.8. The minimum Gasteiger partial charge on any atom is -0.478 e. The molecule has 0 saturated heterocycles. The standard InChI is InChI=1S/C12H19NO4/c1-8(7-16-3)5-13-6-10-4-11(12(14)15)9(2)17-10/h4,8,13H,5-7H2,1-3H3,(H,14,15). The third-order valence-electron chi connectivity index (χ3n) is 2.44. The molecule has 0 amide bonds. The second-order valence-corrected chi connectivity index (χ2v) is 4.18. The molecule has 1 aromatic heterocycles. The zero-order valence-corrected chi connectivity index (χ0v) is 10.4. The highest BCUT2D eigenvalue weighted by atomic mass is 16.5. The van der Waals surface area contributed by atoms with Crippen molar-refractivity contribution in [1.82, 2.24) is 5.32 Å². The Labute approximate surface area is 101 Å². The van der Waals surface area contributed by atoms with Crippen LogP contribution in [0.5, 0.6) is 0 Å². The number of carboxylic acid groups (broad SMARTS) is 1. The molecule has 96 valence electrons. The Kier molecular flexibility index (Phi) is 5.18. The number of hydrogen-bond acceptors (Lipinski definition) is 4. The summed E-state index contributed by atoms with van der Waals surface area (Å²) < 4.78 is 10.4. The lowest BCUT2D eigenvalue weighted by Crippen LogP contribution is -2.23. The third-order valence-corrected chi connectivity index (χ3v) is 2.44. The van der Waals surface area contributed by atoms with Gasteiger partial charge < -0.3 is 19.6 Å². The van der Waals surface area contributed by atoms with Gasteiger partial charge in [0.1, 0.15) is 17.1 Å². The van der Waals surface area contributed by atoms with Crippen LogP contribution < -0.4 is 5.32 Å². The van der Waals surface area contributed by atoms with Gasteiger partial charge in [-0.25, -0.2) is 4.79 Å². The van der Waals surface area contributed by atoms with Gasteiger partial charge >= 0.3 is 5.97 Å². The Hall–Kier alpha value is -1.33. The van der Waals surface area contributed by atoms with Crippen LogP contribution in [0.4, 0.5) is 0 Å². The molecule has 0 aromatic carbocycles. The van der Waals surface area contributed by atoms with E-state index in [-0.39, 0.29) is 5.56 Å². The predicted molar refractivity (Wildman–Crippen MR) is 63.2 cm³/mol. The molecule has 1 aromatic rings. The van der Waals surface area contributed by atoms with E-state index in [4.69, 9.17) is 14.3 Å². The molecule has 0 spiro atoms. The molecule has 5 heteroatoms. The fraction of sp³-hybridized carbons (Fsp3) is 0.583. The first-order valence-electron chi connectivity index (χ1n) is 5.56. The summed E-state index contributed by atoms with van der Waals surface area (Å²) in [6.07, 6.45) is 0. The van der Waals surface area contributed by atoms with Gasteiger partial charge in [0.2, 0.25) is 0 Å². The lowest BCUT2D eigenvalue weighted by molar-refractivity contribution is 0.0695. The van der Waals surface area contributed by atoms with E-state index in [1.54, 1.807) is 20.1 Å². The summed E-state index contributed by atoms with van der Waals surface area (Å²) in [6.45, 7) is 5.76. The number of hydrogen-bond donors (Lipinski definition) is 2. The molecule has 1 atom stereocenters. The summed E-state index contributed by atoms with van der Waals surface area (Å²) in [5.41, 5.74) is 0.228. The number of furan rings is 1. The maximum absolute atomic E-state index is 10.8. The van der Waals surface area contributed by atoms with Crippen LogP contribution in [0.2, 0.25) is 0 Å². The van der Waals surface area contributed by atoms with Crippen LogP contribution in [0.25, 0.3) is 0 Å². The van der Waals surface area contributed by atoms with E-state index in [0.29, 0.717) is 30.6 Å². The minimum atomic E-state index is -0.953. The van der Waals surface area contributed by atoms with Crippen molar-refractivity contribution >= 4 is 5.97 Å². The van der Waals surface area contributed by atoms with Crippen LogP contribution in [0, 0.1) is 12.8 Å². The van der Waals surface area contributed by atoms with Crippen molar-refractivity contribution < 1.29 is 19.1 Å². The molecule has 0 aliphatic carbocycles. The summed E-state index contributed by atoms with van der Waals surface area (Å²) in [5.74, 6) is 0.545. The Morgan fingerprint density at radius 3 is 2.88 bits per heavy atom. The van der Waals surface area contributed by atoms with E-state index >= 15 is 0 Å². The van der Waals surface area contributed by atoms with E-state index in [1.165, 1.54) is 0 Å². The van der Waals surface area contributed by atoms with Crippen LogP contribution in [0.3, 0.4) is 0 Å². The molecule has 0 bridgehead atoms. The van der Waals surface area contributed by atoms with E-state index in [0.717, 1.165) is 6.54 Å². The maximum atomic E-state index is 10.8. The second kappa shape index (κ2) is 6.42. The van der Waals surface area contributed by atoms with Gasteiger partial charge in [-0.3, -0.25) is 0 Å². The molecule has 1 unspecified atom stereocenters. The molecule has 1 heterocycles. The van der Waals surface area contributed by atoms with Crippen molar-refractivity contribution in [3.05, 3.63) is 23.2 Å². The molecule has 0 aliphatic heterocycles. The van der Waals surface area contributed by atoms with Crippen LogP contribution in [-0.2, 0) is 11.3 Å². The lowest BCUT2D eigenvalue weighted by atomic mass is 10.2. The normalized spacial score (nSPS) is 12.6. The minimum absolute atomic E-state index is 0.228. The molecule has 1 rings (SSSR count). The zero-order valence-electron chi connectivity index (χ0n) is 10.4. The first-order chi connectivity index (χ1) is 8.04. The first kappa shape index (κ1) is 13.7. The van der Waals surface area contributed by atoms with Gasteiger partial charge in [0.25, 0.3) is 0 Å². The second-order valence-electron chi connectivity index (χ2n) is 4.18. The third kappa shape index (κ3) is 4.20. The molecular weight excluding hydrogens is 222 g/mol. The zero-order chi connectivity index (χ0) is 12.8. The van der Waals surface area contributed by atoms with Gasteiger partial charge in [-0.05, 0) is 18.9 Å². The number of rotatable bonds is 7. The average molecular weight is 241 g/mol. The highest BCUT2D eigenvalue weighted by Gasteiger charge is 2.13. The van der Waals surface area contributed by atoms with Crippen LogP contribution >= 0.6 is 0 Å². The molecule has 0 aliphatic rings. The summed E-state index contributed by atoms with van der Waals surface area (Å²) in [5, 5.41) is 12.1. The molecule has 0 saturated carbocycles. The van der Waals surface area contributed by atoms with E-state index in [2.05, 4.69) is 12.2 Å². The van der Waals surface area contributed by atoms with E-state index in [9.17, 15) is 4.79 Å². The van der Waals surface area contributed by atoms with Crippen molar-refractivity contribution in [2.24, 2.45) is 5.92 Å². The fourth-order valence-corrected chi connectivity index (χ4v) is 1.63. The number of aromatic carboxylic acids is 1. The van der Waals surface area contributed by atoms with Crippen molar-refractivity contribution in [2.45, 2.75) is 20.4 Å². The SMILES string of the molecule is COCC(C)CNCc1cc(C(=O)O)c(C)o1. The predicted octanol–water partition coefficient (Wildman–Crippen LogP) is 1.66. The quantitative estimate of drug-likeness (QED) is 0.759. The van der Waals surface area contributed by atoms with Gasteiger partial charge in [0, 0.05) is 20.3 Å². The fourth-order valence-electron chi connectivity index (χ4n) is 1.63.